The van der Waals surface area contributed by atoms with Crippen LogP contribution < -0.4 is 10.1 Å². The summed E-state index contributed by atoms with van der Waals surface area (Å²) in [5.74, 6) is 0.807. The van der Waals surface area contributed by atoms with Gasteiger partial charge in [0.15, 0.2) is 0 Å². The highest BCUT2D eigenvalue weighted by molar-refractivity contribution is 7.10. The summed E-state index contributed by atoms with van der Waals surface area (Å²) in [7, 11) is 1.62. The van der Waals surface area contributed by atoms with Crippen molar-refractivity contribution < 1.29 is 19.4 Å². The number of benzene rings is 1. The van der Waals surface area contributed by atoms with Crippen LogP contribution in [-0.2, 0) is 22.6 Å². The van der Waals surface area contributed by atoms with Crippen LogP contribution in [0, 0.1) is 5.92 Å². The number of aliphatic hydroxyl groups excluding tert-OH is 1. The number of likely N-dealkylation sites (tertiary alicyclic amines) is 1. The molecule has 34 heavy (non-hydrogen) atoms. The molecule has 8 nitrogen and oxygen atoms in total. The minimum Gasteiger partial charge on any atom is -0.496 e. The van der Waals surface area contributed by atoms with Crippen LogP contribution in [0.1, 0.15) is 35.8 Å². The van der Waals surface area contributed by atoms with Crippen LogP contribution in [0.15, 0.2) is 54.2 Å². The Bertz CT molecular complexity index is 1090. The maximum absolute atomic E-state index is 12.7. The number of hydrogen-bond acceptors (Lipinski definition) is 6. The molecular weight excluding hydrogens is 452 g/mol. The zero-order chi connectivity index (χ0) is 23.9. The fourth-order valence-electron chi connectivity index (χ4n) is 4.29. The number of anilines is 1. The first kappa shape index (κ1) is 24.0. The predicted octanol–water partition coefficient (Wildman–Crippen LogP) is 3.50. The quantitative estimate of drug-likeness (QED) is 0.487. The molecule has 1 saturated heterocycles. The third kappa shape index (κ3) is 6.03. The molecule has 4 rings (SSSR count). The Morgan fingerprint density at radius 2 is 2.03 bits per heavy atom. The molecule has 1 aliphatic rings. The molecule has 0 unspecified atom stereocenters. The first-order valence-electron chi connectivity index (χ1n) is 11.5. The van der Waals surface area contributed by atoms with Gasteiger partial charge in [0.25, 0.3) is 0 Å². The minimum atomic E-state index is -0.461. The summed E-state index contributed by atoms with van der Waals surface area (Å²) in [4.78, 5) is 27.9. The molecule has 2 amide bonds. The molecule has 0 spiro atoms. The highest BCUT2D eigenvalue weighted by Gasteiger charge is 2.28. The summed E-state index contributed by atoms with van der Waals surface area (Å²) >= 11 is 1.57. The second-order valence-electron chi connectivity index (χ2n) is 8.47. The summed E-state index contributed by atoms with van der Waals surface area (Å²) in [6.45, 7) is 1.37. The van der Waals surface area contributed by atoms with E-state index in [9.17, 15) is 14.7 Å². The Morgan fingerprint density at radius 1 is 1.24 bits per heavy atom. The number of aryl methyl sites for hydroxylation is 1. The molecule has 1 atom stereocenters. The molecule has 0 radical (unpaired) electrons. The number of aromatic nitrogens is 2. The van der Waals surface area contributed by atoms with Gasteiger partial charge in [0, 0.05) is 30.6 Å². The first-order chi connectivity index (χ1) is 16.5. The second-order valence-corrected chi connectivity index (χ2v) is 9.44. The molecule has 2 N–H and O–H groups in total. The van der Waals surface area contributed by atoms with E-state index in [0.717, 1.165) is 29.0 Å². The average Bonchev–Trinajstić information content (AvgIpc) is 3.55. The van der Waals surface area contributed by atoms with Crippen LogP contribution in [0.2, 0.25) is 0 Å². The first-order valence-corrected chi connectivity index (χ1v) is 12.3. The van der Waals surface area contributed by atoms with Gasteiger partial charge in [-0.05, 0) is 48.3 Å². The number of methoxy groups -OCH3 is 1. The lowest BCUT2D eigenvalue weighted by molar-refractivity contribution is -0.134. The molecule has 0 aliphatic carbocycles. The SMILES string of the molecule is COc1ccccc1CCC(=O)Nc1cnn(CC(=O)N2CCC([C@H](O)c3cccs3)CC2)c1. The number of rotatable bonds is 9. The molecule has 0 bridgehead atoms. The van der Waals surface area contributed by atoms with Crippen LogP contribution in [0.5, 0.6) is 5.75 Å². The van der Waals surface area contributed by atoms with E-state index < -0.39 is 6.10 Å². The predicted molar refractivity (Wildman–Crippen MR) is 131 cm³/mol. The van der Waals surface area contributed by atoms with Gasteiger partial charge < -0.3 is 20.1 Å². The zero-order valence-electron chi connectivity index (χ0n) is 19.2. The molecular formula is C25H30N4O4S. The van der Waals surface area contributed by atoms with E-state index in [-0.39, 0.29) is 24.3 Å². The van der Waals surface area contributed by atoms with E-state index in [1.807, 2.05) is 46.7 Å². The van der Waals surface area contributed by atoms with Crippen LogP contribution in [0.4, 0.5) is 5.69 Å². The van der Waals surface area contributed by atoms with Gasteiger partial charge in [-0.2, -0.15) is 5.10 Å². The minimum absolute atomic E-state index is 0.0128. The van der Waals surface area contributed by atoms with Gasteiger partial charge in [-0.25, -0.2) is 0 Å². The van der Waals surface area contributed by atoms with E-state index in [1.54, 1.807) is 35.5 Å². The number of nitrogens with zero attached hydrogens (tertiary/aromatic N) is 3. The molecule has 3 aromatic rings. The van der Waals surface area contributed by atoms with Gasteiger partial charge >= 0.3 is 0 Å². The van der Waals surface area contributed by atoms with Crippen molar-refractivity contribution in [2.75, 3.05) is 25.5 Å². The molecule has 1 aromatic carbocycles. The number of amides is 2. The largest absolute Gasteiger partial charge is 0.496 e. The molecule has 1 aliphatic heterocycles. The van der Waals surface area contributed by atoms with Crippen molar-refractivity contribution in [1.82, 2.24) is 14.7 Å². The lowest BCUT2D eigenvalue weighted by Crippen LogP contribution is -2.41. The summed E-state index contributed by atoms with van der Waals surface area (Å²) in [6, 6.07) is 11.5. The molecule has 1 fully saturated rings. The normalized spacial score (nSPS) is 15.2. The topological polar surface area (TPSA) is 96.7 Å². The van der Waals surface area contributed by atoms with E-state index in [1.165, 1.54) is 0 Å². The van der Waals surface area contributed by atoms with Crippen LogP contribution >= 0.6 is 11.3 Å². The Balaban J connectivity index is 1.22. The van der Waals surface area contributed by atoms with Crippen molar-refractivity contribution in [3.63, 3.8) is 0 Å². The highest BCUT2D eigenvalue weighted by Crippen LogP contribution is 2.33. The number of aliphatic hydroxyl groups is 1. The fraction of sp³-hybridized carbons (Fsp3) is 0.400. The Kier molecular flexibility index (Phi) is 7.97. The molecule has 180 valence electrons. The Morgan fingerprint density at radius 3 is 2.76 bits per heavy atom. The van der Waals surface area contributed by atoms with E-state index >= 15 is 0 Å². The van der Waals surface area contributed by atoms with Gasteiger partial charge in [-0.15, -0.1) is 11.3 Å². The monoisotopic (exact) mass is 482 g/mol. The number of thiophene rings is 1. The number of hydrogen-bond donors (Lipinski definition) is 2. The summed E-state index contributed by atoms with van der Waals surface area (Å²) in [5, 5.41) is 19.6. The Hall–Kier alpha value is -3.17. The number of nitrogens with one attached hydrogen (secondary N) is 1. The summed E-state index contributed by atoms with van der Waals surface area (Å²) in [6.07, 6.45) is 5.20. The number of ether oxygens (including phenoxy) is 1. The van der Waals surface area contributed by atoms with E-state index in [2.05, 4.69) is 10.4 Å². The lowest BCUT2D eigenvalue weighted by atomic mass is 9.90. The molecule has 3 heterocycles. The smallest absolute Gasteiger partial charge is 0.244 e. The fourth-order valence-corrected chi connectivity index (χ4v) is 5.09. The number of carbonyl (C=O) groups is 2. The average molecular weight is 483 g/mol. The van der Waals surface area contributed by atoms with E-state index in [4.69, 9.17) is 4.74 Å². The summed E-state index contributed by atoms with van der Waals surface area (Å²) < 4.78 is 6.87. The van der Waals surface area contributed by atoms with Crippen LogP contribution in [0.25, 0.3) is 0 Å². The van der Waals surface area contributed by atoms with Crippen molar-refractivity contribution in [1.29, 1.82) is 0 Å². The molecule has 0 saturated carbocycles. The summed E-state index contributed by atoms with van der Waals surface area (Å²) in [5.41, 5.74) is 1.55. The molecule has 2 aromatic heterocycles. The van der Waals surface area contributed by atoms with Gasteiger partial charge in [-0.1, -0.05) is 24.3 Å². The van der Waals surface area contributed by atoms with Crippen molar-refractivity contribution >= 4 is 28.8 Å². The number of carbonyl (C=O) groups excluding carboxylic acids is 2. The van der Waals surface area contributed by atoms with Gasteiger partial charge in [0.1, 0.15) is 12.3 Å². The van der Waals surface area contributed by atoms with Gasteiger partial charge in [-0.3, -0.25) is 14.3 Å². The standard InChI is InChI=1S/C25H30N4O4S/c1-33-21-6-3-2-5-18(21)8-9-23(30)27-20-15-26-29(16-20)17-24(31)28-12-10-19(11-13-28)25(32)22-7-4-14-34-22/h2-7,14-16,19,25,32H,8-13,17H2,1H3,(H,27,30)/t25-/m0/s1. The van der Waals surface area contributed by atoms with Crippen molar-refractivity contribution in [3.05, 3.63) is 64.6 Å². The van der Waals surface area contributed by atoms with Gasteiger partial charge in [0.2, 0.25) is 11.8 Å². The maximum Gasteiger partial charge on any atom is 0.244 e. The third-order valence-corrected chi connectivity index (χ3v) is 7.14. The highest BCUT2D eigenvalue weighted by atomic mass is 32.1. The van der Waals surface area contributed by atoms with Gasteiger partial charge in [0.05, 0.1) is 25.1 Å². The maximum atomic E-state index is 12.7. The van der Waals surface area contributed by atoms with Crippen LogP contribution in [0.3, 0.4) is 0 Å². The van der Waals surface area contributed by atoms with Crippen LogP contribution in [-0.4, -0.2) is 51.8 Å². The Labute approximate surface area is 203 Å². The van der Waals surface area contributed by atoms with Crippen molar-refractivity contribution in [2.24, 2.45) is 5.92 Å². The van der Waals surface area contributed by atoms with E-state index in [0.29, 0.717) is 31.6 Å². The number of para-hydroxylation sites is 1. The number of piperidine rings is 1. The lowest BCUT2D eigenvalue weighted by Gasteiger charge is -2.34. The second kappa shape index (κ2) is 11.3. The van der Waals surface area contributed by atoms with Crippen molar-refractivity contribution in [2.45, 2.75) is 38.3 Å². The third-order valence-electron chi connectivity index (χ3n) is 6.20. The molecule has 9 heteroatoms. The zero-order valence-corrected chi connectivity index (χ0v) is 20.0. The van der Waals surface area contributed by atoms with Crippen molar-refractivity contribution in [3.8, 4) is 5.75 Å².